The fourth-order valence-electron chi connectivity index (χ4n) is 10.1. The van der Waals surface area contributed by atoms with Crippen molar-refractivity contribution in [2.75, 3.05) is 71.3 Å². The van der Waals surface area contributed by atoms with Crippen LogP contribution in [0.15, 0.2) is 90.8 Å². The first kappa shape index (κ1) is 62.2. The number of carbonyl (C=O) groups is 3. The molecule has 3 aromatic carbocycles. The molecule has 5 N–H and O–H groups in total. The van der Waals surface area contributed by atoms with E-state index in [2.05, 4.69) is 79.3 Å². The van der Waals surface area contributed by atoms with Crippen molar-refractivity contribution in [2.24, 2.45) is 12.5 Å². The van der Waals surface area contributed by atoms with Gasteiger partial charge in [-0.1, -0.05) is 63.9 Å². The highest BCUT2D eigenvalue weighted by molar-refractivity contribution is 7.13. The number of hydrogen-bond acceptors (Lipinski definition) is 17. The molecule has 0 bridgehead atoms. The van der Waals surface area contributed by atoms with Crippen LogP contribution in [0.1, 0.15) is 124 Å². The Morgan fingerprint density at radius 1 is 0.843 bits per heavy atom. The van der Waals surface area contributed by atoms with Crippen LogP contribution in [0.2, 0.25) is 0 Å². The van der Waals surface area contributed by atoms with Crippen molar-refractivity contribution >= 4 is 34.7 Å². The highest BCUT2D eigenvalue weighted by Crippen LogP contribution is 2.36. The highest BCUT2D eigenvalue weighted by atomic mass is 32.1. The Kier molecular flexibility index (Phi) is 23.7. The molecule has 2 aliphatic heterocycles. The molecule has 4 atom stereocenters. The summed E-state index contributed by atoms with van der Waals surface area (Å²) in [5, 5.41) is 32.1. The number of aromatic nitrogens is 6. The van der Waals surface area contributed by atoms with Gasteiger partial charge in [0.2, 0.25) is 11.8 Å². The number of unbranched alkanes of at least 4 members (excludes halogenated alkanes) is 5. The van der Waals surface area contributed by atoms with Gasteiger partial charge in [0, 0.05) is 81.8 Å². The molecule has 3 amide bonds. The van der Waals surface area contributed by atoms with E-state index in [-0.39, 0.29) is 35.2 Å². The summed E-state index contributed by atoms with van der Waals surface area (Å²) in [6, 6.07) is 22.3. The van der Waals surface area contributed by atoms with Crippen LogP contribution in [0.5, 0.6) is 11.5 Å². The Morgan fingerprint density at radius 3 is 2.31 bits per heavy atom. The fraction of sp³-hybridized carbons (Fsp3) is 0.516. The third-order valence-corrected chi connectivity index (χ3v) is 16.0. The van der Waals surface area contributed by atoms with Crippen LogP contribution >= 0.6 is 11.3 Å². The van der Waals surface area contributed by atoms with Gasteiger partial charge in [0.25, 0.3) is 5.91 Å². The summed E-state index contributed by atoms with van der Waals surface area (Å²) in [4.78, 5) is 55.9. The van der Waals surface area contributed by atoms with Crippen LogP contribution in [-0.4, -0.2) is 142 Å². The van der Waals surface area contributed by atoms with Crippen LogP contribution in [0.3, 0.4) is 0 Å². The second kappa shape index (κ2) is 31.7. The number of nitrogens with one attached hydrogen (secondary N) is 4. The molecule has 446 valence electrons. The summed E-state index contributed by atoms with van der Waals surface area (Å²) in [7, 11) is 1.89. The van der Waals surface area contributed by atoms with Crippen molar-refractivity contribution in [3.8, 4) is 33.5 Å². The number of aryl methyl sites for hydroxylation is 1. The first-order chi connectivity index (χ1) is 40.3. The summed E-state index contributed by atoms with van der Waals surface area (Å²) in [6.07, 6.45) is 10.4. The molecule has 20 nitrogen and oxygen atoms in total. The maximum atomic E-state index is 13.6. The first-order valence-electron chi connectivity index (χ1n) is 29.2. The van der Waals surface area contributed by atoms with Crippen LogP contribution < -0.4 is 30.7 Å². The molecule has 5 heterocycles. The maximum Gasteiger partial charge on any atom is 0.251 e. The minimum atomic E-state index is -0.607. The average Bonchev–Trinajstić information content (AvgIpc) is 4.28. The van der Waals surface area contributed by atoms with E-state index in [1.807, 2.05) is 77.5 Å². The number of benzene rings is 3. The SMILES string of the molecule is Cc1ncsc1-c1ccc(CNC(=O)[C@@H]2C[C@@H](O)CN2C[C@H](NC(=O)CCCCCOCCOCCOCCCCCCOc2ccc3c(c2)[C@H](NC(=O)c2cccc(NCc4nnc(-c5ccncn5)n4C)c2)CCO3)C(C)(C)C)cc1. The van der Waals surface area contributed by atoms with Crippen LogP contribution in [-0.2, 0) is 43.9 Å². The number of anilines is 1. The molecule has 6 aromatic rings. The lowest BCUT2D eigenvalue weighted by Crippen LogP contribution is -2.53. The van der Waals surface area contributed by atoms with E-state index in [1.54, 1.807) is 29.7 Å². The minimum Gasteiger partial charge on any atom is -0.494 e. The Morgan fingerprint density at radius 2 is 1.59 bits per heavy atom. The molecule has 8 rings (SSSR count). The topological polar surface area (TPSA) is 238 Å². The Bertz CT molecular complexity index is 2970. The largest absolute Gasteiger partial charge is 0.494 e. The van der Waals surface area contributed by atoms with Gasteiger partial charge in [-0.05, 0) is 104 Å². The smallest absolute Gasteiger partial charge is 0.251 e. The molecule has 83 heavy (non-hydrogen) atoms. The zero-order chi connectivity index (χ0) is 58.4. The molecule has 1 saturated heterocycles. The lowest BCUT2D eigenvalue weighted by Gasteiger charge is -2.36. The standard InChI is InChI=1S/C62H83N11O9S/c1-43-58(83-42-67-43)45-19-17-44(18-20-45)37-65-61(77)53-35-48(74)39-73(53)40-55(62(2,3)4)69-57(75)16-9-8-11-27-79-31-33-80-32-30-78-26-10-6-7-12-28-81-49-21-22-54-50(36-49)51(24-29-82-54)68-60(76)46-14-13-15-47(34-46)64-38-56-70-71-59(72(56)5)52-23-25-63-41-66-52/h13-15,17-23,25,34,36,41-42,48,51,53,55,64,74H,6-12,16,24,26-33,35,37-40H2,1-5H3,(H,65,77)(H,68,76)(H,69,75)/t48-,51-,53+,55+/m1/s1. The van der Waals surface area contributed by atoms with E-state index in [0.717, 1.165) is 95.2 Å². The summed E-state index contributed by atoms with van der Waals surface area (Å²) >= 11 is 1.61. The third-order valence-electron chi connectivity index (χ3n) is 15.0. The second-order valence-corrected chi connectivity index (χ2v) is 23.2. The molecule has 0 saturated carbocycles. The highest BCUT2D eigenvalue weighted by Gasteiger charge is 2.39. The van der Waals surface area contributed by atoms with Crippen LogP contribution in [0, 0.1) is 12.3 Å². The van der Waals surface area contributed by atoms with Crippen molar-refractivity contribution < 1.29 is 43.2 Å². The number of hydrogen-bond donors (Lipinski definition) is 5. The Balaban J connectivity index is 0.614. The fourth-order valence-corrected chi connectivity index (χ4v) is 10.9. The van der Waals surface area contributed by atoms with E-state index in [4.69, 9.17) is 23.7 Å². The Hall–Kier alpha value is -6.88. The second-order valence-electron chi connectivity index (χ2n) is 22.3. The third kappa shape index (κ3) is 19.1. The molecule has 3 aromatic heterocycles. The summed E-state index contributed by atoms with van der Waals surface area (Å²) in [5.74, 6) is 2.55. The van der Waals surface area contributed by atoms with Crippen molar-refractivity contribution in [1.82, 2.24) is 50.6 Å². The van der Waals surface area contributed by atoms with E-state index in [0.29, 0.717) is 115 Å². The van der Waals surface area contributed by atoms with E-state index < -0.39 is 12.1 Å². The van der Waals surface area contributed by atoms with Gasteiger partial charge in [-0.2, -0.15) is 0 Å². The van der Waals surface area contributed by atoms with E-state index in [1.165, 1.54) is 6.33 Å². The van der Waals surface area contributed by atoms with E-state index >= 15 is 0 Å². The van der Waals surface area contributed by atoms with Crippen LogP contribution in [0.25, 0.3) is 22.0 Å². The van der Waals surface area contributed by atoms with E-state index in [9.17, 15) is 19.5 Å². The van der Waals surface area contributed by atoms with Crippen molar-refractivity contribution in [2.45, 2.75) is 129 Å². The van der Waals surface area contributed by atoms with Gasteiger partial charge in [-0.15, -0.1) is 21.5 Å². The number of nitrogens with zero attached hydrogens (tertiary/aromatic N) is 7. The number of aliphatic hydroxyl groups excluding tert-OH is 1. The molecule has 2 aliphatic rings. The van der Waals surface area contributed by atoms with Gasteiger partial charge in [-0.25, -0.2) is 15.0 Å². The summed E-state index contributed by atoms with van der Waals surface area (Å²) in [5.41, 5.74) is 7.61. The molecule has 0 unspecified atom stereocenters. The zero-order valence-electron chi connectivity index (χ0n) is 48.8. The van der Waals surface area contributed by atoms with Gasteiger partial charge in [0.05, 0.1) is 80.5 Å². The number of amides is 3. The van der Waals surface area contributed by atoms with Crippen molar-refractivity contribution in [3.05, 3.63) is 119 Å². The van der Waals surface area contributed by atoms with Crippen molar-refractivity contribution in [3.63, 3.8) is 0 Å². The van der Waals surface area contributed by atoms with Crippen LogP contribution in [0.4, 0.5) is 5.69 Å². The number of likely N-dealkylation sites (tertiary alicyclic amines) is 1. The number of fused-ring (bicyclic) bond motifs is 1. The minimum absolute atomic E-state index is 0.0103. The molecule has 0 radical (unpaired) electrons. The summed E-state index contributed by atoms with van der Waals surface area (Å²) in [6.45, 7) is 14.4. The number of carbonyl (C=O) groups excluding carboxylic acids is 3. The number of rotatable bonds is 33. The monoisotopic (exact) mass is 1160 g/mol. The Labute approximate surface area is 491 Å². The predicted octanol–water partition coefficient (Wildman–Crippen LogP) is 8.40. The molecule has 21 heteroatoms. The molecule has 0 spiro atoms. The van der Waals surface area contributed by atoms with Gasteiger partial charge in [0.1, 0.15) is 23.5 Å². The molecule has 1 fully saturated rings. The number of aliphatic hydroxyl groups is 1. The first-order valence-corrected chi connectivity index (χ1v) is 30.1. The number of ether oxygens (including phenoxy) is 5. The van der Waals surface area contributed by atoms with Gasteiger partial charge < -0.3 is 54.6 Å². The van der Waals surface area contributed by atoms with Gasteiger partial charge in [-0.3, -0.25) is 19.3 Å². The average molecular weight is 1160 g/mol. The molecular formula is C62H83N11O9S. The zero-order valence-corrected chi connectivity index (χ0v) is 49.6. The number of thiazole rings is 1. The predicted molar refractivity (Wildman–Crippen MR) is 319 cm³/mol. The lowest BCUT2D eigenvalue weighted by molar-refractivity contribution is -0.126. The molecular weight excluding hydrogens is 1070 g/mol. The van der Waals surface area contributed by atoms with Gasteiger partial charge >= 0.3 is 0 Å². The summed E-state index contributed by atoms with van der Waals surface area (Å²) < 4.78 is 31.2. The maximum absolute atomic E-state index is 13.6. The normalized spacial score (nSPS) is 16.4. The molecule has 0 aliphatic carbocycles. The lowest BCUT2D eigenvalue weighted by atomic mass is 9.86. The van der Waals surface area contributed by atoms with Crippen molar-refractivity contribution in [1.29, 1.82) is 0 Å². The quantitative estimate of drug-likeness (QED) is 0.0243. The number of β-amino-alcohol motifs (C(OH)–C–C–N with tert-alkyl or cyclic N) is 1. The van der Waals surface area contributed by atoms with Gasteiger partial charge in [0.15, 0.2) is 11.6 Å².